The van der Waals surface area contributed by atoms with Crippen molar-refractivity contribution in [1.29, 1.82) is 0 Å². The smallest absolute Gasteiger partial charge is 0.462 e. The van der Waals surface area contributed by atoms with Crippen molar-refractivity contribution in [3.63, 3.8) is 0 Å². The van der Waals surface area contributed by atoms with Gasteiger partial charge in [-0.05, 0) is 83.5 Å². The molecule has 0 heterocycles. The molecule has 0 aromatic rings. The molecule has 0 rings (SSSR count). The summed E-state index contributed by atoms with van der Waals surface area (Å²) in [5.74, 6) is -0.972. The summed E-state index contributed by atoms with van der Waals surface area (Å²) in [6.45, 7) is 2.30. The van der Waals surface area contributed by atoms with Gasteiger partial charge in [-0.3, -0.25) is 18.6 Å². The number of aliphatic hydroxyl groups excluding tert-OH is 2. The molecule has 58 heavy (non-hydrogen) atoms. The Labute approximate surface area is 353 Å². The van der Waals surface area contributed by atoms with Crippen molar-refractivity contribution in [3.05, 3.63) is 60.8 Å². The molecule has 0 spiro atoms. The van der Waals surface area contributed by atoms with E-state index in [0.29, 0.717) is 12.8 Å². The Hall–Kier alpha value is -2.33. The number of hydrogen-bond donors (Lipinski definition) is 3. The van der Waals surface area contributed by atoms with Gasteiger partial charge < -0.3 is 24.6 Å². The van der Waals surface area contributed by atoms with Crippen molar-refractivity contribution in [2.75, 3.05) is 26.4 Å². The Balaban J connectivity index is 4.36. The lowest BCUT2D eigenvalue weighted by molar-refractivity contribution is -0.161. The van der Waals surface area contributed by atoms with Gasteiger partial charge in [0.2, 0.25) is 0 Å². The fraction of sp³-hybridized carbons (Fsp3) is 0.745. The van der Waals surface area contributed by atoms with Crippen LogP contribution in [-0.2, 0) is 32.7 Å². The van der Waals surface area contributed by atoms with E-state index in [-0.39, 0.29) is 19.4 Å². The number of carbonyl (C=O) groups is 2. The van der Waals surface area contributed by atoms with E-state index < -0.39 is 51.8 Å². The van der Waals surface area contributed by atoms with E-state index in [1.165, 1.54) is 70.6 Å². The van der Waals surface area contributed by atoms with Crippen LogP contribution in [0.4, 0.5) is 0 Å². The average molecular weight is 839 g/mol. The summed E-state index contributed by atoms with van der Waals surface area (Å²) in [6, 6.07) is 0. The first kappa shape index (κ1) is 55.7. The number of unbranched alkanes of at least 4 members (excludes halogenated alkanes) is 18. The van der Waals surface area contributed by atoms with E-state index in [1.54, 1.807) is 0 Å². The molecule has 0 bridgehead atoms. The van der Waals surface area contributed by atoms with Crippen LogP contribution < -0.4 is 0 Å². The molecule has 0 saturated carbocycles. The Morgan fingerprint density at radius 1 is 0.517 bits per heavy atom. The molecular formula is C47H83O10P. The van der Waals surface area contributed by atoms with E-state index in [9.17, 15) is 24.2 Å². The summed E-state index contributed by atoms with van der Waals surface area (Å²) in [7, 11) is -4.63. The highest BCUT2D eigenvalue weighted by Crippen LogP contribution is 2.43. The zero-order valence-corrected chi connectivity index (χ0v) is 37.4. The first-order chi connectivity index (χ1) is 28.2. The molecule has 0 aliphatic rings. The monoisotopic (exact) mass is 839 g/mol. The van der Waals surface area contributed by atoms with Crippen LogP contribution >= 0.6 is 7.82 Å². The fourth-order valence-electron chi connectivity index (χ4n) is 5.85. The molecule has 0 saturated heterocycles. The predicted octanol–water partition coefficient (Wildman–Crippen LogP) is 12.3. The van der Waals surface area contributed by atoms with Gasteiger partial charge in [0.05, 0.1) is 19.8 Å². The number of aliphatic hydroxyl groups is 2. The lowest BCUT2D eigenvalue weighted by Crippen LogP contribution is -2.29. The minimum absolute atomic E-state index is 0.143. The number of rotatable bonds is 42. The van der Waals surface area contributed by atoms with E-state index in [2.05, 4.69) is 79.1 Å². The van der Waals surface area contributed by atoms with Crippen molar-refractivity contribution < 1.29 is 47.8 Å². The highest BCUT2D eigenvalue weighted by Gasteiger charge is 2.27. The summed E-state index contributed by atoms with van der Waals surface area (Å²) in [5.41, 5.74) is 0. The van der Waals surface area contributed by atoms with Crippen LogP contribution in [0.2, 0.25) is 0 Å². The minimum Gasteiger partial charge on any atom is -0.462 e. The molecule has 3 N–H and O–H groups in total. The second-order valence-electron chi connectivity index (χ2n) is 15.1. The van der Waals surface area contributed by atoms with E-state index >= 15 is 0 Å². The van der Waals surface area contributed by atoms with Crippen LogP contribution in [-0.4, -0.2) is 65.7 Å². The fourth-order valence-corrected chi connectivity index (χ4v) is 6.64. The number of hydrogen-bond acceptors (Lipinski definition) is 9. The Morgan fingerprint density at radius 3 is 1.41 bits per heavy atom. The average Bonchev–Trinajstić information content (AvgIpc) is 3.21. The molecule has 3 atom stereocenters. The number of phosphoric ester groups is 1. The van der Waals surface area contributed by atoms with Crippen molar-refractivity contribution in [2.45, 2.75) is 199 Å². The van der Waals surface area contributed by atoms with Gasteiger partial charge in [-0.25, -0.2) is 4.57 Å². The van der Waals surface area contributed by atoms with Crippen LogP contribution in [0.25, 0.3) is 0 Å². The molecule has 336 valence electrons. The minimum atomic E-state index is -4.63. The van der Waals surface area contributed by atoms with Gasteiger partial charge in [0.15, 0.2) is 6.10 Å². The zero-order chi connectivity index (χ0) is 42.6. The maximum atomic E-state index is 12.6. The highest BCUT2D eigenvalue weighted by atomic mass is 31.2. The summed E-state index contributed by atoms with van der Waals surface area (Å²) in [4.78, 5) is 35.0. The van der Waals surface area contributed by atoms with Crippen molar-refractivity contribution >= 4 is 19.8 Å². The predicted molar refractivity (Wildman–Crippen MR) is 237 cm³/mol. The third kappa shape index (κ3) is 41.8. The Kier molecular flexibility index (Phi) is 41.1. The summed E-state index contributed by atoms with van der Waals surface area (Å²) in [6.07, 6.45) is 47.5. The van der Waals surface area contributed by atoms with Gasteiger partial charge in [0.1, 0.15) is 12.7 Å². The normalized spacial score (nSPS) is 14.4. The second kappa shape index (κ2) is 42.8. The summed E-state index contributed by atoms with van der Waals surface area (Å²) in [5, 5.41) is 18.3. The van der Waals surface area contributed by atoms with E-state index in [0.717, 1.165) is 77.0 Å². The van der Waals surface area contributed by atoms with Crippen molar-refractivity contribution in [3.8, 4) is 0 Å². The van der Waals surface area contributed by atoms with Gasteiger partial charge in [-0.15, -0.1) is 0 Å². The third-order valence-corrected chi connectivity index (χ3v) is 10.3. The number of phosphoric acid groups is 1. The highest BCUT2D eigenvalue weighted by molar-refractivity contribution is 7.47. The van der Waals surface area contributed by atoms with Crippen LogP contribution in [0.3, 0.4) is 0 Å². The van der Waals surface area contributed by atoms with E-state index in [1.807, 2.05) is 0 Å². The van der Waals surface area contributed by atoms with Crippen molar-refractivity contribution in [2.24, 2.45) is 0 Å². The number of allylic oxidation sites excluding steroid dienone is 10. The number of esters is 2. The van der Waals surface area contributed by atoms with Gasteiger partial charge in [-0.1, -0.05) is 152 Å². The Bertz CT molecular complexity index is 1150. The SMILES string of the molecule is CCCCC/C=C\C/C=C\C/C=C\C/C=C\CCCCCC(=O)O[C@H](COC(=O)CCCCCCC/C=C\CCCCCCCCC)COP(=O)(O)OC[C@@H](O)CO. The first-order valence-corrected chi connectivity index (χ1v) is 24.2. The molecule has 10 nitrogen and oxygen atoms in total. The molecular weight excluding hydrogens is 755 g/mol. The summed E-state index contributed by atoms with van der Waals surface area (Å²) >= 11 is 0. The van der Waals surface area contributed by atoms with Crippen LogP contribution in [0.15, 0.2) is 60.8 Å². The van der Waals surface area contributed by atoms with E-state index in [4.69, 9.17) is 19.1 Å². The molecule has 0 aliphatic heterocycles. The lowest BCUT2D eigenvalue weighted by Gasteiger charge is -2.20. The number of ether oxygens (including phenoxy) is 2. The summed E-state index contributed by atoms with van der Waals surface area (Å²) < 4.78 is 32.7. The van der Waals surface area contributed by atoms with Gasteiger partial charge in [-0.2, -0.15) is 0 Å². The van der Waals surface area contributed by atoms with Gasteiger partial charge in [0, 0.05) is 12.8 Å². The quantitative estimate of drug-likeness (QED) is 0.0235. The van der Waals surface area contributed by atoms with Crippen LogP contribution in [0.5, 0.6) is 0 Å². The van der Waals surface area contributed by atoms with Gasteiger partial charge in [0.25, 0.3) is 0 Å². The second-order valence-corrected chi connectivity index (χ2v) is 16.5. The largest absolute Gasteiger partial charge is 0.472 e. The van der Waals surface area contributed by atoms with Crippen LogP contribution in [0, 0.1) is 0 Å². The Morgan fingerprint density at radius 2 is 0.897 bits per heavy atom. The van der Waals surface area contributed by atoms with Gasteiger partial charge >= 0.3 is 19.8 Å². The first-order valence-electron chi connectivity index (χ1n) is 22.7. The lowest BCUT2D eigenvalue weighted by atomic mass is 10.1. The molecule has 0 fully saturated rings. The number of carbonyl (C=O) groups excluding carboxylic acids is 2. The molecule has 1 unspecified atom stereocenters. The maximum absolute atomic E-state index is 12.6. The molecule has 0 aromatic heterocycles. The molecule has 0 radical (unpaired) electrons. The molecule has 0 amide bonds. The standard InChI is InChI=1S/C47H83O10P/c1-3-5-7-9-11-13-15-17-19-21-22-23-25-27-29-31-33-35-37-39-47(51)57-45(43-56-58(52,53)55-41-44(49)40-48)42-54-46(50)38-36-34-32-30-28-26-24-20-18-16-14-12-10-8-6-4-2/h11,13,17,19-20,22-24,27,29,44-45,48-49H,3-10,12,14-16,18,21,25-26,28,30-43H2,1-2H3,(H,52,53)/b13-11-,19-17-,23-22-,24-20-,29-27-/t44-,45+/m0/s1. The molecule has 11 heteroatoms. The maximum Gasteiger partial charge on any atom is 0.472 e. The molecule has 0 aliphatic carbocycles. The topological polar surface area (TPSA) is 149 Å². The van der Waals surface area contributed by atoms with Crippen molar-refractivity contribution in [1.82, 2.24) is 0 Å². The molecule has 0 aromatic carbocycles. The van der Waals surface area contributed by atoms with Crippen LogP contribution in [0.1, 0.15) is 187 Å². The zero-order valence-electron chi connectivity index (χ0n) is 36.5. The third-order valence-electron chi connectivity index (χ3n) is 9.39.